The first kappa shape index (κ1) is 18.2. The number of hydrogen-bond acceptors (Lipinski definition) is 4. The van der Waals surface area contributed by atoms with E-state index >= 15 is 0 Å². The van der Waals surface area contributed by atoms with Crippen LogP contribution in [-0.4, -0.2) is 38.5 Å². The predicted octanol–water partition coefficient (Wildman–Crippen LogP) is 2.26. The Labute approximate surface area is 111 Å². The van der Waals surface area contributed by atoms with Crippen LogP contribution < -0.4 is 5.73 Å². The molecule has 0 aromatic carbocycles. The third-order valence-electron chi connectivity index (χ3n) is 2.82. The van der Waals surface area contributed by atoms with Crippen molar-refractivity contribution in [3.05, 3.63) is 0 Å². The largest absolute Gasteiger partial charge is 0.466 e. The van der Waals surface area contributed by atoms with E-state index in [0.29, 0.717) is 12.8 Å². The van der Waals surface area contributed by atoms with Gasteiger partial charge in [0.25, 0.3) is 0 Å². The standard InChI is InChI=1S/C12H22F3NO3/c1-3-5-11(8-16,10(17)19-4-2)6-7-18-9-12(13,14)15/h3-9,16H2,1-2H3. The first-order valence-electron chi connectivity index (χ1n) is 6.33. The van der Waals surface area contributed by atoms with Crippen LogP contribution in [0, 0.1) is 5.41 Å². The number of esters is 1. The molecule has 0 aliphatic heterocycles. The van der Waals surface area contributed by atoms with Crippen molar-refractivity contribution in [2.45, 2.75) is 39.3 Å². The molecule has 0 rings (SSSR count). The molecule has 0 amide bonds. The third kappa shape index (κ3) is 6.77. The number of nitrogens with two attached hydrogens (primary N) is 1. The van der Waals surface area contributed by atoms with Crippen LogP contribution in [0.25, 0.3) is 0 Å². The van der Waals surface area contributed by atoms with Gasteiger partial charge in [-0.1, -0.05) is 13.3 Å². The molecule has 2 N–H and O–H groups in total. The van der Waals surface area contributed by atoms with Gasteiger partial charge in [0.1, 0.15) is 6.61 Å². The molecule has 4 nitrogen and oxygen atoms in total. The summed E-state index contributed by atoms with van der Waals surface area (Å²) in [5.74, 6) is -0.463. The molecule has 1 unspecified atom stereocenters. The minimum absolute atomic E-state index is 0.0368. The molecule has 0 spiro atoms. The second-order valence-corrected chi connectivity index (χ2v) is 4.37. The lowest BCUT2D eigenvalue weighted by atomic mass is 9.80. The monoisotopic (exact) mass is 285 g/mol. The van der Waals surface area contributed by atoms with Gasteiger partial charge in [-0.05, 0) is 19.8 Å². The molecule has 0 aliphatic carbocycles. The van der Waals surface area contributed by atoms with Crippen LogP contribution >= 0.6 is 0 Å². The molecule has 0 aliphatic rings. The topological polar surface area (TPSA) is 61.5 Å². The van der Waals surface area contributed by atoms with Crippen molar-refractivity contribution in [3.63, 3.8) is 0 Å². The van der Waals surface area contributed by atoms with E-state index in [-0.39, 0.29) is 26.2 Å². The molecule has 114 valence electrons. The molecule has 0 aromatic heterocycles. The molecular weight excluding hydrogens is 263 g/mol. The third-order valence-corrected chi connectivity index (χ3v) is 2.82. The Kier molecular flexibility index (Phi) is 8.01. The maximum Gasteiger partial charge on any atom is 0.411 e. The van der Waals surface area contributed by atoms with Gasteiger partial charge in [0.15, 0.2) is 0 Å². The second-order valence-electron chi connectivity index (χ2n) is 4.37. The maximum absolute atomic E-state index is 11.9. The number of carbonyl (C=O) groups excluding carboxylic acids is 1. The average Bonchev–Trinajstić information content (AvgIpc) is 2.32. The van der Waals surface area contributed by atoms with E-state index in [1.165, 1.54) is 0 Å². The Bertz CT molecular complexity index is 271. The molecule has 0 heterocycles. The highest BCUT2D eigenvalue weighted by molar-refractivity contribution is 5.77. The van der Waals surface area contributed by atoms with E-state index < -0.39 is 24.2 Å². The molecule has 7 heteroatoms. The van der Waals surface area contributed by atoms with Crippen LogP contribution in [0.5, 0.6) is 0 Å². The fourth-order valence-electron chi connectivity index (χ4n) is 1.83. The Balaban J connectivity index is 4.46. The van der Waals surface area contributed by atoms with Crippen molar-refractivity contribution in [2.24, 2.45) is 11.1 Å². The van der Waals surface area contributed by atoms with E-state index in [1.54, 1.807) is 6.92 Å². The lowest BCUT2D eigenvalue weighted by Gasteiger charge is -2.29. The van der Waals surface area contributed by atoms with Crippen molar-refractivity contribution in [1.82, 2.24) is 0 Å². The second kappa shape index (κ2) is 8.37. The highest BCUT2D eigenvalue weighted by atomic mass is 19.4. The van der Waals surface area contributed by atoms with Gasteiger partial charge in [0.2, 0.25) is 0 Å². The SMILES string of the molecule is CCCC(CN)(CCOCC(F)(F)F)C(=O)OCC. The fraction of sp³-hybridized carbons (Fsp3) is 0.917. The first-order chi connectivity index (χ1) is 8.81. The molecule has 0 fully saturated rings. The number of hydrogen-bond donors (Lipinski definition) is 1. The Morgan fingerprint density at radius 3 is 2.26 bits per heavy atom. The lowest BCUT2D eigenvalue weighted by molar-refractivity contribution is -0.177. The predicted molar refractivity (Wildman–Crippen MR) is 64.5 cm³/mol. The van der Waals surface area contributed by atoms with Gasteiger partial charge in [-0.25, -0.2) is 0 Å². The Hall–Kier alpha value is -0.820. The summed E-state index contributed by atoms with van der Waals surface area (Å²) in [6, 6.07) is 0. The normalized spacial score (nSPS) is 15.1. The highest BCUT2D eigenvalue weighted by Gasteiger charge is 2.38. The number of carbonyl (C=O) groups is 1. The van der Waals surface area contributed by atoms with Gasteiger partial charge in [0.05, 0.1) is 12.0 Å². The summed E-state index contributed by atoms with van der Waals surface area (Å²) in [5.41, 5.74) is 4.67. The summed E-state index contributed by atoms with van der Waals surface area (Å²) in [5, 5.41) is 0. The van der Waals surface area contributed by atoms with Gasteiger partial charge in [-0.2, -0.15) is 13.2 Å². The van der Waals surface area contributed by atoms with Crippen molar-refractivity contribution >= 4 is 5.97 Å². The minimum atomic E-state index is -4.36. The summed E-state index contributed by atoms with van der Waals surface area (Å²) in [6.07, 6.45) is -3.07. The molecule has 0 saturated carbocycles. The van der Waals surface area contributed by atoms with Gasteiger partial charge >= 0.3 is 12.1 Å². The summed E-state index contributed by atoms with van der Waals surface area (Å²) < 4.78 is 45.3. The van der Waals surface area contributed by atoms with Gasteiger partial charge in [-0.3, -0.25) is 4.79 Å². The minimum Gasteiger partial charge on any atom is -0.466 e. The molecule has 1 atom stereocenters. The summed E-state index contributed by atoms with van der Waals surface area (Å²) in [7, 11) is 0. The highest BCUT2D eigenvalue weighted by Crippen LogP contribution is 2.29. The number of ether oxygens (including phenoxy) is 2. The van der Waals surface area contributed by atoms with Gasteiger partial charge < -0.3 is 15.2 Å². The summed E-state index contributed by atoms with van der Waals surface area (Å²) in [4.78, 5) is 11.9. The van der Waals surface area contributed by atoms with Crippen molar-refractivity contribution in [1.29, 1.82) is 0 Å². The van der Waals surface area contributed by atoms with Crippen molar-refractivity contribution in [2.75, 3.05) is 26.4 Å². The van der Waals surface area contributed by atoms with E-state index in [0.717, 1.165) is 0 Å². The average molecular weight is 285 g/mol. The van der Waals surface area contributed by atoms with E-state index in [2.05, 4.69) is 4.74 Å². The molecule has 19 heavy (non-hydrogen) atoms. The van der Waals surface area contributed by atoms with Crippen molar-refractivity contribution in [3.8, 4) is 0 Å². The lowest BCUT2D eigenvalue weighted by Crippen LogP contribution is -2.41. The van der Waals surface area contributed by atoms with Gasteiger partial charge in [0, 0.05) is 13.2 Å². The quantitative estimate of drug-likeness (QED) is 0.521. The zero-order chi connectivity index (χ0) is 14.9. The fourth-order valence-corrected chi connectivity index (χ4v) is 1.83. The van der Waals surface area contributed by atoms with Crippen LogP contribution in [0.1, 0.15) is 33.1 Å². The number of halogens is 3. The molecular formula is C12H22F3NO3. The Morgan fingerprint density at radius 1 is 1.21 bits per heavy atom. The van der Waals surface area contributed by atoms with Crippen LogP contribution in [-0.2, 0) is 14.3 Å². The van der Waals surface area contributed by atoms with E-state index in [9.17, 15) is 18.0 Å². The summed E-state index contributed by atoms with van der Waals surface area (Å²) >= 11 is 0. The zero-order valence-corrected chi connectivity index (χ0v) is 11.4. The van der Waals surface area contributed by atoms with E-state index in [1.807, 2.05) is 6.92 Å². The number of rotatable bonds is 9. The molecule has 0 saturated heterocycles. The molecule has 0 radical (unpaired) electrons. The van der Waals surface area contributed by atoms with Crippen molar-refractivity contribution < 1.29 is 27.4 Å². The first-order valence-corrected chi connectivity index (χ1v) is 6.33. The smallest absolute Gasteiger partial charge is 0.411 e. The molecule has 0 bridgehead atoms. The maximum atomic E-state index is 11.9. The molecule has 0 aromatic rings. The van der Waals surface area contributed by atoms with Gasteiger partial charge in [-0.15, -0.1) is 0 Å². The number of alkyl halides is 3. The van der Waals surface area contributed by atoms with Crippen LogP contribution in [0.4, 0.5) is 13.2 Å². The van der Waals surface area contributed by atoms with Crippen LogP contribution in [0.3, 0.4) is 0 Å². The van der Waals surface area contributed by atoms with Crippen LogP contribution in [0.15, 0.2) is 0 Å². The van der Waals surface area contributed by atoms with E-state index in [4.69, 9.17) is 10.5 Å². The zero-order valence-electron chi connectivity index (χ0n) is 11.4. The van der Waals surface area contributed by atoms with Crippen LogP contribution in [0.2, 0.25) is 0 Å². The Morgan fingerprint density at radius 2 is 1.84 bits per heavy atom. The summed E-state index contributed by atoms with van der Waals surface area (Å²) in [6.45, 7) is 2.31.